The molecule has 0 spiro atoms. The molecule has 0 atom stereocenters. The predicted octanol–water partition coefficient (Wildman–Crippen LogP) is 0.737. The van der Waals surface area contributed by atoms with Crippen LogP contribution in [-0.4, -0.2) is 57.7 Å². The van der Waals surface area contributed by atoms with Crippen molar-refractivity contribution in [2.45, 2.75) is 19.3 Å². The normalized spacial score (nSPS) is 16.6. The van der Waals surface area contributed by atoms with Gasteiger partial charge in [-0.15, -0.1) is 0 Å². The number of hydrogen-bond acceptors (Lipinski definition) is 4. The fourth-order valence-electron chi connectivity index (χ4n) is 1.46. The number of nitrogens with one attached hydrogen (secondary N) is 1. The number of rotatable bonds is 6. The quantitative estimate of drug-likeness (QED) is 0.661. The fraction of sp³-hybridized carbons (Fsp3) is 0.909. The zero-order valence-electron chi connectivity index (χ0n) is 9.96. The Labute approximate surface area is 92.7 Å². The third-order valence-corrected chi connectivity index (χ3v) is 2.38. The van der Waals surface area contributed by atoms with Gasteiger partial charge >= 0.3 is 0 Å². The third-order valence-electron chi connectivity index (χ3n) is 2.38. The summed E-state index contributed by atoms with van der Waals surface area (Å²) < 4.78 is 5.48. The van der Waals surface area contributed by atoms with Crippen LogP contribution in [0.2, 0.25) is 0 Å². The van der Waals surface area contributed by atoms with Crippen molar-refractivity contribution < 1.29 is 4.74 Å². The van der Waals surface area contributed by atoms with Crippen LogP contribution in [0.4, 0.5) is 0 Å². The van der Waals surface area contributed by atoms with E-state index in [0.29, 0.717) is 0 Å². The minimum Gasteiger partial charge on any atom is -0.378 e. The van der Waals surface area contributed by atoms with Gasteiger partial charge in [-0.2, -0.15) is 0 Å². The van der Waals surface area contributed by atoms with Crippen molar-refractivity contribution in [3.05, 3.63) is 0 Å². The summed E-state index contributed by atoms with van der Waals surface area (Å²) in [6, 6.07) is 0. The van der Waals surface area contributed by atoms with E-state index in [-0.39, 0.29) is 0 Å². The molecule has 15 heavy (non-hydrogen) atoms. The first-order valence-corrected chi connectivity index (χ1v) is 5.78. The maximum atomic E-state index is 5.48. The van der Waals surface area contributed by atoms with E-state index in [1.807, 2.05) is 0 Å². The number of amidine groups is 1. The summed E-state index contributed by atoms with van der Waals surface area (Å²) in [5.74, 6) is 1.16. The van der Waals surface area contributed by atoms with Crippen LogP contribution in [0.3, 0.4) is 0 Å². The van der Waals surface area contributed by atoms with E-state index in [4.69, 9.17) is 4.74 Å². The minimum atomic E-state index is 0.771. The van der Waals surface area contributed by atoms with E-state index in [1.54, 1.807) is 0 Å². The van der Waals surface area contributed by atoms with Gasteiger partial charge in [0.15, 0.2) is 0 Å². The molecule has 1 heterocycles. The van der Waals surface area contributed by atoms with Gasteiger partial charge in [0.05, 0.1) is 19.0 Å². The standard InChI is InChI=1S/C11H23N3O/c1-14(2)8-10-15-9-7-13-11-5-3-4-6-12-11/h3-10H2,1-2H3,(H,12,13). The van der Waals surface area contributed by atoms with Crippen LogP contribution in [0.15, 0.2) is 4.99 Å². The van der Waals surface area contributed by atoms with Crippen LogP contribution in [0.25, 0.3) is 0 Å². The lowest BCUT2D eigenvalue weighted by Gasteiger charge is -2.14. The summed E-state index contributed by atoms with van der Waals surface area (Å²) in [4.78, 5) is 6.54. The SMILES string of the molecule is CN(C)CCOCCNC1=NCCCC1. The Hall–Kier alpha value is -0.610. The largest absolute Gasteiger partial charge is 0.378 e. The Morgan fingerprint density at radius 2 is 2.20 bits per heavy atom. The molecule has 0 aromatic carbocycles. The number of ether oxygens (including phenoxy) is 1. The minimum absolute atomic E-state index is 0.771. The van der Waals surface area contributed by atoms with E-state index in [0.717, 1.165) is 45.1 Å². The fourth-order valence-corrected chi connectivity index (χ4v) is 1.46. The Morgan fingerprint density at radius 1 is 1.33 bits per heavy atom. The molecule has 0 fully saturated rings. The molecule has 0 aliphatic carbocycles. The molecule has 4 nitrogen and oxygen atoms in total. The van der Waals surface area contributed by atoms with Crippen LogP contribution >= 0.6 is 0 Å². The molecular formula is C11H23N3O. The lowest BCUT2D eigenvalue weighted by molar-refractivity contribution is 0.122. The molecule has 0 saturated heterocycles. The highest BCUT2D eigenvalue weighted by atomic mass is 16.5. The van der Waals surface area contributed by atoms with Gasteiger partial charge in [0.25, 0.3) is 0 Å². The van der Waals surface area contributed by atoms with Crippen LogP contribution in [0.1, 0.15) is 19.3 Å². The summed E-state index contributed by atoms with van der Waals surface area (Å²) in [6.07, 6.45) is 3.62. The van der Waals surface area contributed by atoms with Gasteiger partial charge in [-0.05, 0) is 26.9 Å². The molecular weight excluding hydrogens is 190 g/mol. The van der Waals surface area contributed by atoms with Crippen LogP contribution in [-0.2, 0) is 4.74 Å². The Morgan fingerprint density at radius 3 is 2.87 bits per heavy atom. The molecule has 1 aliphatic rings. The van der Waals surface area contributed by atoms with Crippen molar-refractivity contribution in [3.63, 3.8) is 0 Å². The average molecular weight is 213 g/mol. The van der Waals surface area contributed by atoms with E-state index >= 15 is 0 Å². The van der Waals surface area contributed by atoms with Crippen molar-refractivity contribution in [1.82, 2.24) is 10.2 Å². The number of likely N-dealkylation sites (N-methyl/N-ethyl adjacent to an activating group) is 1. The third kappa shape index (κ3) is 6.47. The van der Waals surface area contributed by atoms with Gasteiger partial charge in [0, 0.05) is 26.1 Å². The second-order valence-corrected chi connectivity index (χ2v) is 4.13. The zero-order chi connectivity index (χ0) is 10.9. The molecule has 88 valence electrons. The lowest BCUT2D eigenvalue weighted by Crippen LogP contribution is -2.29. The monoisotopic (exact) mass is 213 g/mol. The molecule has 1 rings (SSSR count). The Balaban J connectivity index is 1.90. The number of aliphatic imine (C=N–C) groups is 1. The van der Waals surface area contributed by atoms with Crippen molar-refractivity contribution in [2.24, 2.45) is 4.99 Å². The summed E-state index contributed by atoms with van der Waals surface area (Å²) in [7, 11) is 4.11. The molecule has 1 N–H and O–H groups in total. The molecule has 0 saturated carbocycles. The average Bonchev–Trinajstić information content (AvgIpc) is 2.24. The van der Waals surface area contributed by atoms with E-state index < -0.39 is 0 Å². The van der Waals surface area contributed by atoms with Crippen LogP contribution in [0, 0.1) is 0 Å². The van der Waals surface area contributed by atoms with E-state index in [2.05, 4.69) is 29.3 Å². The summed E-state index contributed by atoms with van der Waals surface area (Å²) in [6.45, 7) is 4.44. The van der Waals surface area contributed by atoms with Gasteiger partial charge in [-0.25, -0.2) is 0 Å². The Kier molecular flexibility index (Phi) is 6.36. The molecule has 1 aliphatic heterocycles. The lowest BCUT2D eigenvalue weighted by atomic mass is 10.2. The first-order valence-electron chi connectivity index (χ1n) is 5.78. The highest BCUT2D eigenvalue weighted by Gasteiger charge is 2.03. The molecule has 0 unspecified atom stereocenters. The van der Waals surface area contributed by atoms with Crippen molar-refractivity contribution in [3.8, 4) is 0 Å². The first kappa shape index (κ1) is 12.5. The second kappa shape index (κ2) is 7.65. The highest BCUT2D eigenvalue weighted by Crippen LogP contribution is 2.03. The molecule has 0 amide bonds. The van der Waals surface area contributed by atoms with Gasteiger partial charge in [0.2, 0.25) is 0 Å². The number of nitrogens with zero attached hydrogens (tertiary/aromatic N) is 2. The van der Waals surface area contributed by atoms with Gasteiger partial charge < -0.3 is 15.0 Å². The molecule has 0 radical (unpaired) electrons. The number of hydrogen-bond donors (Lipinski definition) is 1. The second-order valence-electron chi connectivity index (χ2n) is 4.13. The maximum Gasteiger partial charge on any atom is 0.0963 e. The van der Waals surface area contributed by atoms with Gasteiger partial charge in [0.1, 0.15) is 0 Å². The molecule has 0 aromatic heterocycles. The van der Waals surface area contributed by atoms with Crippen molar-refractivity contribution >= 4 is 5.84 Å². The van der Waals surface area contributed by atoms with E-state index in [9.17, 15) is 0 Å². The van der Waals surface area contributed by atoms with Crippen LogP contribution in [0.5, 0.6) is 0 Å². The van der Waals surface area contributed by atoms with Gasteiger partial charge in [-0.1, -0.05) is 0 Å². The summed E-state index contributed by atoms with van der Waals surface area (Å²) in [5, 5.41) is 3.32. The van der Waals surface area contributed by atoms with Crippen molar-refractivity contribution in [1.29, 1.82) is 0 Å². The molecule has 0 aromatic rings. The van der Waals surface area contributed by atoms with Crippen LogP contribution < -0.4 is 5.32 Å². The highest BCUT2D eigenvalue weighted by molar-refractivity contribution is 5.82. The maximum absolute atomic E-state index is 5.48. The Bertz CT molecular complexity index is 192. The van der Waals surface area contributed by atoms with Crippen molar-refractivity contribution in [2.75, 3.05) is 46.9 Å². The predicted molar refractivity (Wildman–Crippen MR) is 63.5 cm³/mol. The van der Waals surface area contributed by atoms with Gasteiger partial charge in [-0.3, -0.25) is 4.99 Å². The zero-order valence-corrected chi connectivity index (χ0v) is 9.96. The topological polar surface area (TPSA) is 36.9 Å². The van der Waals surface area contributed by atoms with E-state index in [1.165, 1.54) is 12.8 Å². The molecule has 0 bridgehead atoms. The molecule has 4 heteroatoms. The summed E-state index contributed by atoms with van der Waals surface area (Å²) in [5.41, 5.74) is 0. The summed E-state index contributed by atoms with van der Waals surface area (Å²) >= 11 is 0. The first-order chi connectivity index (χ1) is 7.29. The smallest absolute Gasteiger partial charge is 0.0963 e.